The van der Waals surface area contributed by atoms with Crippen LogP contribution in [0.5, 0.6) is 0 Å². The summed E-state index contributed by atoms with van der Waals surface area (Å²) in [5, 5.41) is 22.1. The molecule has 4 fully saturated rings. The molecule has 4 aliphatic carbocycles. The van der Waals surface area contributed by atoms with Gasteiger partial charge in [0.15, 0.2) is 0 Å². The molecule has 0 aromatic carbocycles. The van der Waals surface area contributed by atoms with Gasteiger partial charge in [-0.15, -0.1) is 0 Å². The third kappa shape index (κ3) is 1.76. The molecule has 0 aromatic heterocycles. The lowest BCUT2D eigenvalue weighted by Gasteiger charge is -2.50. The van der Waals surface area contributed by atoms with Gasteiger partial charge in [0, 0.05) is 5.92 Å². The molecule has 0 saturated heterocycles. The quantitative estimate of drug-likeness (QED) is 0.710. The van der Waals surface area contributed by atoms with Crippen molar-refractivity contribution in [3.63, 3.8) is 0 Å². The lowest BCUT2D eigenvalue weighted by Crippen LogP contribution is -2.50. The third-order valence-corrected chi connectivity index (χ3v) is 7.66. The molecular formula is C18H30O2. The van der Waals surface area contributed by atoms with Gasteiger partial charge >= 0.3 is 0 Å². The molecule has 2 nitrogen and oxygen atoms in total. The van der Waals surface area contributed by atoms with Crippen molar-refractivity contribution in [2.24, 2.45) is 22.7 Å². The molecule has 4 aliphatic rings. The van der Waals surface area contributed by atoms with E-state index in [0.29, 0.717) is 5.92 Å². The maximum atomic E-state index is 11.1. The second-order valence-corrected chi connectivity index (χ2v) is 8.46. The summed E-state index contributed by atoms with van der Waals surface area (Å²) < 4.78 is 0. The zero-order valence-corrected chi connectivity index (χ0v) is 12.7. The maximum absolute atomic E-state index is 11.1. The van der Waals surface area contributed by atoms with Gasteiger partial charge in [0.25, 0.3) is 0 Å². The van der Waals surface area contributed by atoms with Gasteiger partial charge in [-0.3, -0.25) is 0 Å². The monoisotopic (exact) mass is 278 g/mol. The van der Waals surface area contributed by atoms with Crippen LogP contribution >= 0.6 is 0 Å². The summed E-state index contributed by atoms with van der Waals surface area (Å²) in [6.07, 6.45) is 14.6. The van der Waals surface area contributed by atoms with E-state index in [1.54, 1.807) is 0 Å². The lowest BCUT2D eigenvalue weighted by molar-refractivity contribution is -0.122. The zero-order chi connectivity index (χ0) is 13.8. The Morgan fingerprint density at radius 2 is 1.20 bits per heavy atom. The highest BCUT2D eigenvalue weighted by atomic mass is 16.3. The second-order valence-electron chi connectivity index (χ2n) is 8.46. The van der Waals surface area contributed by atoms with Crippen molar-refractivity contribution >= 4 is 0 Å². The Morgan fingerprint density at radius 3 is 1.90 bits per heavy atom. The number of fused-ring (bicyclic) bond motifs is 1. The molecule has 4 atom stereocenters. The number of hydrogen-bond acceptors (Lipinski definition) is 2. The fourth-order valence-electron chi connectivity index (χ4n) is 6.58. The van der Waals surface area contributed by atoms with E-state index in [1.165, 1.54) is 77.0 Å². The van der Waals surface area contributed by atoms with Crippen molar-refractivity contribution in [1.29, 1.82) is 0 Å². The second kappa shape index (κ2) is 4.71. The molecule has 4 rings (SSSR count). The SMILES string of the molecule is OC1C2C(CCC13CCCCC3)CC1(CCCC1)C2O. The average molecular weight is 278 g/mol. The molecule has 0 radical (unpaired) electrons. The fraction of sp³-hybridized carbons (Fsp3) is 1.00. The summed E-state index contributed by atoms with van der Waals surface area (Å²) in [5.41, 5.74) is 0.362. The largest absolute Gasteiger partial charge is 0.392 e. The molecule has 0 aliphatic heterocycles. The number of aliphatic hydroxyl groups is 2. The number of hydrogen-bond donors (Lipinski definition) is 2. The van der Waals surface area contributed by atoms with Crippen LogP contribution in [0, 0.1) is 22.7 Å². The van der Waals surface area contributed by atoms with Gasteiger partial charge in [0.1, 0.15) is 0 Å². The first-order chi connectivity index (χ1) is 9.67. The molecule has 0 aromatic rings. The Bertz CT molecular complexity index is 366. The van der Waals surface area contributed by atoms with Crippen LogP contribution in [0.15, 0.2) is 0 Å². The Labute approximate surface area is 123 Å². The third-order valence-electron chi connectivity index (χ3n) is 7.66. The van der Waals surface area contributed by atoms with Crippen molar-refractivity contribution < 1.29 is 10.2 Å². The fourth-order valence-corrected chi connectivity index (χ4v) is 6.58. The summed E-state index contributed by atoms with van der Waals surface area (Å²) in [5.74, 6) is 0.797. The minimum absolute atomic E-state index is 0.171. The first-order valence-corrected chi connectivity index (χ1v) is 9.03. The van der Waals surface area contributed by atoms with Gasteiger partial charge in [0.05, 0.1) is 12.2 Å². The molecule has 2 N–H and O–H groups in total. The maximum Gasteiger partial charge on any atom is 0.0652 e. The molecule has 20 heavy (non-hydrogen) atoms. The van der Waals surface area contributed by atoms with Crippen LogP contribution in [0.3, 0.4) is 0 Å². The van der Waals surface area contributed by atoms with E-state index in [2.05, 4.69) is 0 Å². The van der Waals surface area contributed by atoms with Crippen molar-refractivity contribution in [2.45, 2.75) is 89.3 Å². The van der Waals surface area contributed by atoms with E-state index in [-0.39, 0.29) is 29.0 Å². The zero-order valence-electron chi connectivity index (χ0n) is 12.7. The highest BCUT2D eigenvalue weighted by Crippen LogP contribution is 2.62. The van der Waals surface area contributed by atoms with Crippen LogP contribution in [0.4, 0.5) is 0 Å². The predicted molar refractivity (Wildman–Crippen MR) is 79.3 cm³/mol. The summed E-state index contributed by atoms with van der Waals surface area (Å²) >= 11 is 0. The van der Waals surface area contributed by atoms with E-state index in [1.807, 2.05) is 0 Å². The highest BCUT2D eigenvalue weighted by Gasteiger charge is 2.60. The van der Waals surface area contributed by atoms with Gasteiger partial charge in [-0.2, -0.15) is 0 Å². The molecule has 2 spiro atoms. The van der Waals surface area contributed by atoms with Crippen LogP contribution in [0.2, 0.25) is 0 Å². The Hall–Kier alpha value is -0.0800. The van der Waals surface area contributed by atoms with Crippen molar-refractivity contribution in [2.75, 3.05) is 0 Å². The van der Waals surface area contributed by atoms with Gasteiger partial charge < -0.3 is 10.2 Å². The molecule has 0 heterocycles. The minimum Gasteiger partial charge on any atom is -0.392 e. The average Bonchev–Trinajstić information content (AvgIpc) is 3.04. The summed E-state index contributed by atoms with van der Waals surface area (Å²) in [7, 11) is 0. The van der Waals surface area contributed by atoms with Gasteiger partial charge in [-0.1, -0.05) is 32.1 Å². The summed E-state index contributed by atoms with van der Waals surface area (Å²) in [4.78, 5) is 0. The number of aliphatic hydroxyl groups excluding tert-OH is 2. The van der Waals surface area contributed by atoms with Crippen molar-refractivity contribution in [3.8, 4) is 0 Å². The molecule has 114 valence electrons. The van der Waals surface area contributed by atoms with Crippen LogP contribution in [-0.2, 0) is 0 Å². The van der Waals surface area contributed by atoms with E-state index >= 15 is 0 Å². The smallest absolute Gasteiger partial charge is 0.0652 e. The Kier molecular flexibility index (Phi) is 3.20. The van der Waals surface area contributed by atoms with E-state index in [4.69, 9.17) is 0 Å². The Morgan fingerprint density at radius 1 is 0.650 bits per heavy atom. The lowest BCUT2D eigenvalue weighted by atomic mass is 9.58. The molecule has 4 unspecified atom stereocenters. The highest BCUT2D eigenvalue weighted by molar-refractivity contribution is 5.10. The Balaban J connectivity index is 1.60. The van der Waals surface area contributed by atoms with Crippen molar-refractivity contribution in [1.82, 2.24) is 0 Å². The minimum atomic E-state index is -0.225. The first kappa shape index (κ1) is 13.6. The van der Waals surface area contributed by atoms with Crippen LogP contribution in [0.1, 0.15) is 77.0 Å². The van der Waals surface area contributed by atoms with Crippen molar-refractivity contribution in [3.05, 3.63) is 0 Å². The summed E-state index contributed by atoms with van der Waals surface area (Å²) in [6.45, 7) is 0. The molecule has 0 bridgehead atoms. The molecule has 0 amide bonds. The predicted octanol–water partition coefficient (Wildman–Crippen LogP) is 3.65. The van der Waals surface area contributed by atoms with E-state index in [0.717, 1.165) is 0 Å². The first-order valence-electron chi connectivity index (χ1n) is 9.03. The van der Waals surface area contributed by atoms with E-state index in [9.17, 15) is 10.2 Å². The van der Waals surface area contributed by atoms with E-state index < -0.39 is 0 Å². The van der Waals surface area contributed by atoms with Gasteiger partial charge in [-0.25, -0.2) is 0 Å². The molecule has 4 saturated carbocycles. The van der Waals surface area contributed by atoms with Crippen LogP contribution < -0.4 is 0 Å². The van der Waals surface area contributed by atoms with Crippen LogP contribution in [-0.4, -0.2) is 22.4 Å². The normalized spacial score (nSPS) is 45.9. The number of rotatable bonds is 0. The molecular weight excluding hydrogens is 248 g/mol. The summed E-state index contributed by atoms with van der Waals surface area (Å²) in [6, 6.07) is 0. The van der Waals surface area contributed by atoms with Gasteiger partial charge in [-0.05, 0) is 61.7 Å². The molecule has 2 heteroatoms. The topological polar surface area (TPSA) is 40.5 Å². The van der Waals surface area contributed by atoms with Gasteiger partial charge in [0.2, 0.25) is 0 Å². The standard InChI is InChI=1S/C18H30O2/c19-15-14-13(6-11-17(15)7-2-1-3-8-17)12-18(16(14)20)9-4-5-10-18/h13-16,19-20H,1-12H2. The van der Waals surface area contributed by atoms with Crippen LogP contribution in [0.25, 0.3) is 0 Å².